The lowest BCUT2D eigenvalue weighted by Gasteiger charge is -2.01. The SMILES string of the molecule is Cc1ccc(S(=O)(=O)O)cc1.ON=c1c2ccccc2oc2ccccc12. The van der Waals surface area contributed by atoms with Gasteiger partial charge in [-0.25, -0.2) is 0 Å². The number of hydrogen-bond donors (Lipinski definition) is 2. The van der Waals surface area contributed by atoms with E-state index in [1.165, 1.54) is 12.1 Å². The highest BCUT2D eigenvalue weighted by atomic mass is 32.2. The maximum atomic E-state index is 10.5. The summed E-state index contributed by atoms with van der Waals surface area (Å²) in [5.74, 6) is 0. The summed E-state index contributed by atoms with van der Waals surface area (Å²) in [6.07, 6.45) is 0. The first kappa shape index (κ1) is 18.6. The molecule has 7 heteroatoms. The van der Waals surface area contributed by atoms with E-state index in [9.17, 15) is 8.42 Å². The van der Waals surface area contributed by atoms with Crippen molar-refractivity contribution in [1.82, 2.24) is 0 Å². The van der Waals surface area contributed by atoms with Crippen LogP contribution in [0, 0.1) is 6.92 Å². The van der Waals surface area contributed by atoms with Gasteiger partial charge in [0.1, 0.15) is 16.5 Å². The van der Waals surface area contributed by atoms with Crippen LogP contribution in [0.25, 0.3) is 21.9 Å². The van der Waals surface area contributed by atoms with Crippen molar-refractivity contribution in [3.05, 3.63) is 83.7 Å². The molecule has 0 amide bonds. The molecule has 1 heterocycles. The molecule has 27 heavy (non-hydrogen) atoms. The van der Waals surface area contributed by atoms with E-state index in [0.29, 0.717) is 16.5 Å². The Kier molecular flexibility index (Phi) is 5.25. The fourth-order valence-electron chi connectivity index (χ4n) is 2.58. The van der Waals surface area contributed by atoms with E-state index in [-0.39, 0.29) is 4.90 Å². The van der Waals surface area contributed by atoms with Crippen LogP contribution in [0.2, 0.25) is 0 Å². The highest BCUT2D eigenvalue weighted by Gasteiger charge is 2.07. The van der Waals surface area contributed by atoms with Crippen molar-refractivity contribution in [3.8, 4) is 0 Å². The molecule has 0 aliphatic rings. The van der Waals surface area contributed by atoms with Crippen LogP contribution in [0.1, 0.15) is 5.56 Å². The summed E-state index contributed by atoms with van der Waals surface area (Å²) in [7, 11) is -4.02. The normalized spacial score (nSPS) is 11.0. The van der Waals surface area contributed by atoms with Crippen molar-refractivity contribution < 1.29 is 22.6 Å². The quantitative estimate of drug-likeness (QED) is 0.223. The third kappa shape index (κ3) is 4.16. The van der Waals surface area contributed by atoms with Gasteiger partial charge in [0.15, 0.2) is 0 Å². The highest BCUT2D eigenvalue weighted by molar-refractivity contribution is 7.85. The molecule has 0 bridgehead atoms. The van der Waals surface area contributed by atoms with Gasteiger partial charge in [-0.05, 0) is 43.3 Å². The van der Waals surface area contributed by atoms with Gasteiger partial charge in [0, 0.05) is 10.8 Å². The zero-order valence-electron chi connectivity index (χ0n) is 14.4. The van der Waals surface area contributed by atoms with Gasteiger partial charge >= 0.3 is 0 Å². The summed E-state index contributed by atoms with van der Waals surface area (Å²) in [6.45, 7) is 1.84. The number of aryl methyl sites for hydroxylation is 1. The fourth-order valence-corrected chi connectivity index (χ4v) is 3.06. The molecule has 1 aromatic heterocycles. The number of rotatable bonds is 1. The molecule has 3 aromatic carbocycles. The number of benzene rings is 3. The predicted octanol–water partition coefficient (Wildman–Crippen LogP) is 4.12. The Labute approximate surface area is 155 Å². The Morgan fingerprint density at radius 2 is 1.30 bits per heavy atom. The zero-order valence-corrected chi connectivity index (χ0v) is 15.2. The fraction of sp³-hybridized carbons (Fsp3) is 0.0500. The van der Waals surface area contributed by atoms with Gasteiger partial charge < -0.3 is 9.62 Å². The van der Waals surface area contributed by atoms with E-state index in [4.69, 9.17) is 14.2 Å². The molecular weight excluding hydrogens is 366 g/mol. The molecular formula is C20H17NO5S. The van der Waals surface area contributed by atoms with Crippen molar-refractivity contribution in [2.75, 3.05) is 0 Å². The molecule has 0 atom stereocenters. The lowest BCUT2D eigenvalue weighted by atomic mass is 10.1. The predicted molar refractivity (Wildman–Crippen MR) is 102 cm³/mol. The Morgan fingerprint density at radius 3 is 1.74 bits per heavy atom. The van der Waals surface area contributed by atoms with E-state index in [2.05, 4.69) is 5.16 Å². The van der Waals surface area contributed by atoms with E-state index in [1.807, 2.05) is 55.5 Å². The summed E-state index contributed by atoms with van der Waals surface area (Å²) in [6, 6.07) is 21.0. The summed E-state index contributed by atoms with van der Waals surface area (Å²) in [5.41, 5.74) is 2.39. The van der Waals surface area contributed by atoms with Crippen LogP contribution in [0.15, 0.2) is 87.3 Å². The van der Waals surface area contributed by atoms with Crippen molar-refractivity contribution in [3.63, 3.8) is 0 Å². The molecule has 0 radical (unpaired) electrons. The Morgan fingerprint density at radius 1 is 0.815 bits per heavy atom. The second-order valence-corrected chi connectivity index (χ2v) is 7.25. The average Bonchev–Trinajstić information content (AvgIpc) is 2.66. The van der Waals surface area contributed by atoms with Crippen molar-refractivity contribution >= 4 is 32.1 Å². The second kappa shape index (κ2) is 7.61. The minimum absolute atomic E-state index is 0.0666. The summed E-state index contributed by atoms with van der Waals surface area (Å²) in [4.78, 5) is -0.0666. The molecule has 0 saturated carbocycles. The van der Waals surface area contributed by atoms with Gasteiger partial charge in [-0.1, -0.05) is 47.1 Å². The molecule has 4 rings (SSSR count). The maximum Gasteiger partial charge on any atom is 0.294 e. The lowest BCUT2D eigenvalue weighted by molar-refractivity contribution is 0.303. The standard InChI is InChI=1S/C13H9NO2.C7H8O3S/c15-14-13-9-5-1-3-7-11(9)16-12-8-4-2-6-10(12)13;1-6-2-4-7(5-3-6)11(8,9)10/h1-8,15H;2-5H,1H3,(H,8,9,10). The van der Waals surface area contributed by atoms with E-state index in [0.717, 1.165) is 16.3 Å². The highest BCUT2D eigenvalue weighted by Crippen LogP contribution is 2.17. The van der Waals surface area contributed by atoms with E-state index < -0.39 is 10.1 Å². The molecule has 0 spiro atoms. The van der Waals surface area contributed by atoms with E-state index >= 15 is 0 Å². The Balaban J connectivity index is 0.000000168. The van der Waals surface area contributed by atoms with E-state index in [1.54, 1.807) is 12.1 Å². The van der Waals surface area contributed by atoms with Gasteiger partial charge in [0.2, 0.25) is 0 Å². The number of nitrogens with zero attached hydrogens (tertiary/aromatic N) is 1. The van der Waals surface area contributed by atoms with Gasteiger partial charge in [-0.3, -0.25) is 4.55 Å². The maximum absolute atomic E-state index is 10.5. The Hall–Kier alpha value is -3.16. The molecule has 0 aliphatic carbocycles. The molecule has 4 aromatic rings. The summed E-state index contributed by atoms with van der Waals surface area (Å²) >= 11 is 0. The molecule has 0 unspecified atom stereocenters. The molecule has 0 saturated heterocycles. The first-order chi connectivity index (χ1) is 12.9. The van der Waals surface area contributed by atoms with Crippen LogP contribution in [0.5, 0.6) is 0 Å². The number of fused-ring (bicyclic) bond motifs is 2. The molecule has 0 aliphatic heterocycles. The minimum Gasteiger partial charge on any atom is -0.456 e. The first-order valence-corrected chi connectivity index (χ1v) is 9.47. The lowest BCUT2D eigenvalue weighted by Crippen LogP contribution is -2.04. The largest absolute Gasteiger partial charge is 0.456 e. The molecule has 138 valence electrons. The monoisotopic (exact) mass is 383 g/mol. The van der Waals surface area contributed by atoms with Crippen molar-refractivity contribution in [2.45, 2.75) is 11.8 Å². The van der Waals surface area contributed by atoms with Gasteiger partial charge in [0.25, 0.3) is 10.1 Å². The van der Waals surface area contributed by atoms with Crippen LogP contribution in [-0.4, -0.2) is 18.2 Å². The van der Waals surface area contributed by atoms with Crippen LogP contribution >= 0.6 is 0 Å². The van der Waals surface area contributed by atoms with Gasteiger partial charge in [-0.2, -0.15) is 8.42 Å². The van der Waals surface area contributed by atoms with Gasteiger partial charge in [-0.15, -0.1) is 0 Å². The summed E-state index contributed by atoms with van der Waals surface area (Å²) in [5, 5.41) is 14.7. The van der Waals surface area contributed by atoms with Crippen LogP contribution in [0.4, 0.5) is 0 Å². The third-order valence-electron chi connectivity index (χ3n) is 3.92. The van der Waals surface area contributed by atoms with Crippen LogP contribution in [0.3, 0.4) is 0 Å². The summed E-state index contributed by atoms with van der Waals surface area (Å²) < 4.78 is 35.3. The zero-order chi connectivity index (χ0) is 19.4. The third-order valence-corrected chi connectivity index (χ3v) is 4.79. The molecule has 2 N–H and O–H groups in total. The average molecular weight is 383 g/mol. The number of para-hydroxylation sites is 2. The Bertz CT molecular complexity index is 1200. The minimum atomic E-state index is -4.02. The number of hydrogen-bond acceptors (Lipinski definition) is 5. The second-order valence-electron chi connectivity index (χ2n) is 5.83. The molecule has 0 fully saturated rings. The van der Waals surface area contributed by atoms with Crippen molar-refractivity contribution in [2.24, 2.45) is 5.16 Å². The van der Waals surface area contributed by atoms with Crippen LogP contribution < -0.4 is 5.36 Å². The van der Waals surface area contributed by atoms with Crippen molar-refractivity contribution in [1.29, 1.82) is 0 Å². The first-order valence-electron chi connectivity index (χ1n) is 8.03. The molecule has 6 nitrogen and oxygen atoms in total. The topological polar surface area (TPSA) is 100 Å². The smallest absolute Gasteiger partial charge is 0.294 e. The van der Waals surface area contributed by atoms with Crippen LogP contribution in [-0.2, 0) is 10.1 Å². The van der Waals surface area contributed by atoms with Gasteiger partial charge in [0.05, 0.1) is 4.90 Å².